The molecule has 4 rings (SSSR count). The van der Waals surface area contributed by atoms with E-state index in [1.165, 1.54) is 0 Å². The fourth-order valence-corrected chi connectivity index (χ4v) is 3.01. The van der Waals surface area contributed by atoms with Gasteiger partial charge in [0, 0.05) is 35.1 Å². The summed E-state index contributed by atoms with van der Waals surface area (Å²) in [5.74, 6) is 6.88. The van der Waals surface area contributed by atoms with Gasteiger partial charge in [0.15, 0.2) is 17.2 Å². The van der Waals surface area contributed by atoms with E-state index in [0.29, 0.717) is 11.4 Å². The van der Waals surface area contributed by atoms with Crippen LogP contribution >= 0.6 is 0 Å². The molecule has 0 aliphatic heterocycles. The second kappa shape index (κ2) is 6.96. The Morgan fingerprint density at radius 1 is 1.10 bits per heavy atom. The van der Waals surface area contributed by atoms with Crippen LogP contribution in [-0.2, 0) is 5.60 Å². The molecule has 1 atom stereocenters. The highest BCUT2D eigenvalue weighted by atomic mass is 16.3. The zero-order valence-corrected chi connectivity index (χ0v) is 16.2. The molecule has 0 aliphatic rings. The van der Waals surface area contributed by atoms with Crippen LogP contribution in [0.15, 0.2) is 42.7 Å². The van der Waals surface area contributed by atoms with E-state index in [1.54, 1.807) is 30.1 Å². The van der Waals surface area contributed by atoms with E-state index in [9.17, 15) is 5.11 Å². The van der Waals surface area contributed by atoms with Crippen molar-refractivity contribution in [3.8, 4) is 17.7 Å². The van der Waals surface area contributed by atoms with Gasteiger partial charge in [0.05, 0.1) is 11.2 Å². The number of hydrogen-bond donors (Lipinski definition) is 2. The van der Waals surface area contributed by atoms with Crippen molar-refractivity contribution < 1.29 is 5.11 Å². The minimum Gasteiger partial charge on any atom is -0.371 e. The lowest BCUT2D eigenvalue weighted by Crippen LogP contribution is -2.21. The lowest BCUT2D eigenvalue weighted by atomic mass is 10.1. The number of hydrogen-bond acceptors (Lipinski definition) is 7. The fourth-order valence-electron chi connectivity index (χ4n) is 3.01. The first-order valence-corrected chi connectivity index (χ1v) is 8.97. The van der Waals surface area contributed by atoms with Crippen LogP contribution in [0.3, 0.4) is 0 Å². The molecule has 0 bridgehead atoms. The van der Waals surface area contributed by atoms with Crippen LogP contribution in [0, 0.1) is 25.7 Å². The van der Waals surface area contributed by atoms with E-state index in [4.69, 9.17) is 5.73 Å². The number of nitrogens with two attached hydrogens (primary N) is 1. The van der Waals surface area contributed by atoms with Crippen LogP contribution < -0.4 is 5.73 Å². The summed E-state index contributed by atoms with van der Waals surface area (Å²) in [6.07, 6.45) is 3.14. The Kier molecular flexibility index (Phi) is 4.45. The molecular formula is C21H19N7O. The maximum absolute atomic E-state index is 10.6. The molecule has 29 heavy (non-hydrogen) atoms. The van der Waals surface area contributed by atoms with Gasteiger partial charge in [-0.15, -0.1) is 0 Å². The van der Waals surface area contributed by atoms with Crippen molar-refractivity contribution >= 4 is 16.9 Å². The highest BCUT2D eigenvalue weighted by molar-refractivity contribution is 5.84. The highest BCUT2D eigenvalue weighted by Gasteiger charge is 2.23. The van der Waals surface area contributed by atoms with Gasteiger partial charge >= 0.3 is 0 Å². The number of fused-ring (bicyclic) bond motifs is 1. The van der Waals surface area contributed by atoms with E-state index >= 15 is 0 Å². The fraction of sp³-hybridized carbons (Fsp3) is 0.190. The third kappa shape index (κ3) is 3.63. The lowest BCUT2D eigenvalue weighted by Gasteiger charge is -2.13. The van der Waals surface area contributed by atoms with Crippen LogP contribution in [0.1, 0.15) is 29.7 Å². The quantitative estimate of drug-likeness (QED) is 0.507. The lowest BCUT2D eigenvalue weighted by molar-refractivity contribution is 0.112. The van der Waals surface area contributed by atoms with Gasteiger partial charge < -0.3 is 10.8 Å². The number of rotatable bonds is 2. The summed E-state index contributed by atoms with van der Waals surface area (Å²) in [5, 5.41) is 16.2. The number of benzene rings is 1. The van der Waals surface area contributed by atoms with Gasteiger partial charge in [-0.1, -0.05) is 11.8 Å². The molecule has 144 valence electrons. The first kappa shape index (κ1) is 18.5. The monoisotopic (exact) mass is 385 g/mol. The summed E-state index contributed by atoms with van der Waals surface area (Å²) in [5.41, 5.74) is 7.50. The Morgan fingerprint density at radius 2 is 1.86 bits per heavy atom. The third-order valence-electron chi connectivity index (χ3n) is 4.39. The largest absolute Gasteiger partial charge is 0.371 e. The molecule has 0 spiro atoms. The molecule has 8 nitrogen and oxygen atoms in total. The molecule has 0 saturated heterocycles. The normalized spacial score (nSPS) is 13.0. The van der Waals surface area contributed by atoms with E-state index < -0.39 is 5.60 Å². The van der Waals surface area contributed by atoms with Crippen LogP contribution in [0.4, 0.5) is 5.95 Å². The van der Waals surface area contributed by atoms with Crippen molar-refractivity contribution in [2.45, 2.75) is 26.4 Å². The summed E-state index contributed by atoms with van der Waals surface area (Å²) in [6, 6.07) is 9.24. The molecule has 3 heterocycles. The van der Waals surface area contributed by atoms with Crippen molar-refractivity contribution in [3.05, 3.63) is 65.5 Å². The van der Waals surface area contributed by atoms with Gasteiger partial charge in [-0.2, -0.15) is 10.1 Å². The molecule has 1 aromatic carbocycles. The maximum atomic E-state index is 10.6. The molecule has 3 aromatic heterocycles. The number of aromatic nitrogens is 6. The van der Waals surface area contributed by atoms with E-state index in [-0.39, 0.29) is 11.8 Å². The van der Waals surface area contributed by atoms with Gasteiger partial charge in [0.1, 0.15) is 0 Å². The average Bonchev–Trinajstić information content (AvgIpc) is 3.03. The smallest absolute Gasteiger partial charge is 0.222 e. The number of nitrogens with zero attached hydrogens (tertiary/aromatic N) is 6. The standard InChI is InChI=1S/C21H19N7O/c1-13-11-18(26-20(22)25-13)28-17-12-15(5-6-16(17)14(2)27-28)7-8-21(3,29)19-23-9-4-10-24-19/h4-6,9-12,29H,1-3H3,(H2,22,25,26). The van der Waals surface area contributed by atoms with Crippen molar-refractivity contribution in [1.29, 1.82) is 0 Å². The van der Waals surface area contributed by atoms with E-state index in [1.807, 2.05) is 38.1 Å². The highest BCUT2D eigenvalue weighted by Crippen LogP contribution is 2.23. The molecule has 0 saturated carbocycles. The zero-order valence-electron chi connectivity index (χ0n) is 16.2. The molecular weight excluding hydrogens is 366 g/mol. The molecule has 1 unspecified atom stereocenters. The number of anilines is 1. The first-order chi connectivity index (χ1) is 13.8. The Labute approximate surface area is 167 Å². The zero-order chi connectivity index (χ0) is 20.6. The summed E-state index contributed by atoms with van der Waals surface area (Å²) < 4.78 is 1.72. The third-order valence-corrected chi connectivity index (χ3v) is 4.39. The maximum Gasteiger partial charge on any atom is 0.222 e. The van der Waals surface area contributed by atoms with E-state index in [2.05, 4.69) is 36.9 Å². The van der Waals surface area contributed by atoms with Crippen molar-refractivity contribution in [1.82, 2.24) is 29.7 Å². The second-order valence-corrected chi connectivity index (χ2v) is 6.85. The minimum absolute atomic E-state index is 0.191. The molecule has 0 amide bonds. The average molecular weight is 385 g/mol. The Balaban J connectivity index is 1.79. The molecule has 4 aromatic rings. The van der Waals surface area contributed by atoms with E-state index in [0.717, 1.165) is 22.3 Å². The summed E-state index contributed by atoms with van der Waals surface area (Å²) >= 11 is 0. The molecule has 8 heteroatoms. The number of nitrogen functional groups attached to an aromatic ring is 1. The molecule has 3 N–H and O–H groups in total. The molecule has 0 radical (unpaired) electrons. The van der Waals surface area contributed by atoms with Crippen molar-refractivity contribution in [3.63, 3.8) is 0 Å². The number of aliphatic hydroxyl groups is 1. The summed E-state index contributed by atoms with van der Waals surface area (Å²) in [6.45, 7) is 5.35. The van der Waals surface area contributed by atoms with Crippen LogP contribution in [-0.4, -0.2) is 34.8 Å². The SMILES string of the molecule is Cc1cc(-n2nc(C)c3ccc(C#CC(C)(O)c4ncccn4)cc32)nc(N)n1. The molecule has 0 fully saturated rings. The molecule has 0 aliphatic carbocycles. The Bertz CT molecular complexity index is 1250. The minimum atomic E-state index is -1.47. The predicted octanol–water partition coefficient (Wildman–Crippen LogP) is 2.06. The van der Waals surface area contributed by atoms with Crippen LogP contribution in [0.25, 0.3) is 16.7 Å². The van der Waals surface area contributed by atoms with Gasteiger partial charge in [-0.25, -0.2) is 19.6 Å². The predicted molar refractivity (Wildman–Crippen MR) is 109 cm³/mol. The van der Waals surface area contributed by atoms with Gasteiger partial charge in [0.25, 0.3) is 0 Å². The number of aryl methyl sites for hydroxylation is 2. The van der Waals surface area contributed by atoms with Crippen LogP contribution in [0.2, 0.25) is 0 Å². The summed E-state index contributed by atoms with van der Waals surface area (Å²) in [7, 11) is 0. The topological polar surface area (TPSA) is 116 Å². The Morgan fingerprint density at radius 3 is 2.59 bits per heavy atom. The summed E-state index contributed by atoms with van der Waals surface area (Å²) in [4.78, 5) is 16.6. The van der Waals surface area contributed by atoms with Crippen LogP contribution in [0.5, 0.6) is 0 Å². The van der Waals surface area contributed by atoms with Gasteiger partial charge in [-0.05, 0) is 45.0 Å². The van der Waals surface area contributed by atoms with Crippen molar-refractivity contribution in [2.75, 3.05) is 5.73 Å². The first-order valence-electron chi connectivity index (χ1n) is 8.97. The van der Waals surface area contributed by atoms with Gasteiger partial charge in [0.2, 0.25) is 5.95 Å². The van der Waals surface area contributed by atoms with Gasteiger partial charge in [-0.3, -0.25) is 0 Å². The second-order valence-electron chi connectivity index (χ2n) is 6.85. The Hall–Kier alpha value is -3.83. The van der Waals surface area contributed by atoms with Crippen molar-refractivity contribution in [2.24, 2.45) is 0 Å².